The fraction of sp³-hybridized carbons (Fsp3) is 0.118. The van der Waals surface area contributed by atoms with Gasteiger partial charge in [-0.05, 0) is 42.5 Å². The summed E-state index contributed by atoms with van der Waals surface area (Å²) in [6.45, 7) is -0.0919. The van der Waals surface area contributed by atoms with Gasteiger partial charge in [-0.25, -0.2) is 4.39 Å². The molecule has 0 radical (unpaired) electrons. The number of hydrogen-bond donors (Lipinski definition) is 1. The van der Waals surface area contributed by atoms with Crippen molar-refractivity contribution in [2.45, 2.75) is 12.7 Å². The van der Waals surface area contributed by atoms with Gasteiger partial charge in [0.15, 0.2) is 0 Å². The fourth-order valence-corrected chi connectivity index (χ4v) is 2.44. The highest BCUT2D eigenvalue weighted by atomic mass is 19.4. The lowest BCUT2D eigenvalue weighted by molar-refractivity contribution is -0.137. The quantitative estimate of drug-likeness (QED) is 0.705. The molecule has 0 aliphatic heterocycles. The number of nitrogens with zero attached hydrogens (tertiary/aromatic N) is 1. The van der Waals surface area contributed by atoms with Crippen molar-refractivity contribution in [1.29, 1.82) is 0 Å². The average molecular weight is 336 g/mol. The van der Waals surface area contributed by atoms with E-state index in [0.717, 1.165) is 12.1 Å². The van der Waals surface area contributed by atoms with E-state index >= 15 is 0 Å². The molecule has 0 bridgehead atoms. The Morgan fingerprint density at radius 3 is 2.62 bits per heavy atom. The van der Waals surface area contributed by atoms with Crippen LogP contribution in [0.3, 0.4) is 0 Å². The second kappa shape index (κ2) is 5.99. The third-order valence-electron chi connectivity index (χ3n) is 3.52. The van der Waals surface area contributed by atoms with Crippen LogP contribution in [0.5, 0.6) is 0 Å². The van der Waals surface area contributed by atoms with Gasteiger partial charge in [0, 0.05) is 22.8 Å². The van der Waals surface area contributed by atoms with Crippen molar-refractivity contribution in [3.05, 3.63) is 66.1 Å². The number of alkyl halides is 3. The zero-order chi connectivity index (χ0) is 17.3. The monoisotopic (exact) mass is 336 g/mol. The molecule has 3 nitrogen and oxygen atoms in total. The Labute approximate surface area is 134 Å². The van der Waals surface area contributed by atoms with E-state index in [1.807, 2.05) is 0 Å². The van der Waals surface area contributed by atoms with E-state index < -0.39 is 17.6 Å². The molecule has 7 heteroatoms. The molecule has 2 aromatic carbocycles. The molecule has 124 valence electrons. The number of anilines is 1. The van der Waals surface area contributed by atoms with Crippen molar-refractivity contribution in [3.8, 4) is 0 Å². The molecule has 1 aromatic heterocycles. The van der Waals surface area contributed by atoms with Gasteiger partial charge in [-0.2, -0.15) is 13.2 Å². The molecule has 0 aliphatic rings. The van der Waals surface area contributed by atoms with Crippen LogP contribution in [0.4, 0.5) is 23.2 Å². The zero-order valence-electron chi connectivity index (χ0n) is 12.3. The topological polar surface area (TPSA) is 34.0 Å². The number of amides is 1. The maximum absolute atomic E-state index is 13.1. The Kier molecular flexibility index (Phi) is 4.01. The summed E-state index contributed by atoms with van der Waals surface area (Å²) < 4.78 is 52.8. The van der Waals surface area contributed by atoms with Gasteiger partial charge in [-0.1, -0.05) is 6.07 Å². The van der Waals surface area contributed by atoms with Gasteiger partial charge >= 0.3 is 6.18 Å². The molecule has 0 spiro atoms. The van der Waals surface area contributed by atoms with E-state index in [2.05, 4.69) is 5.32 Å². The predicted molar refractivity (Wildman–Crippen MR) is 82.0 cm³/mol. The van der Waals surface area contributed by atoms with E-state index in [1.165, 1.54) is 24.3 Å². The van der Waals surface area contributed by atoms with E-state index in [-0.39, 0.29) is 18.0 Å². The molecule has 0 saturated carbocycles. The van der Waals surface area contributed by atoms with Crippen LogP contribution in [0, 0.1) is 5.82 Å². The third-order valence-corrected chi connectivity index (χ3v) is 3.52. The Morgan fingerprint density at radius 1 is 1.08 bits per heavy atom. The molecule has 3 rings (SSSR count). The van der Waals surface area contributed by atoms with Gasteiger partial charge in [0.25, 0.3) is 0 Å². The van der Waals surface area contributed by atoms with Crippen LogP contribution < -0.4 is 5.32 Å². The van der Waals surface area contributed by atoms with E-state index in [0.29, 0.717) is 10.9 Å². The van der Waals surface area contributed by atoms with Gasteiger partial charge < -0.3 is 9.88 Å². The van der Waals surface area contributed by atoms with Gasteiger partial charge in [-0.3, -0.25) is 4.79 Å². The van der Waals surface area contributed by atoms with Gasteiger partial charge in [0.2, 0.25) is 5.91 Å². The normalized spacial score (nSPS) is 11.7. The summed E-state index contributed by atoms with van der Waals surface area (Å²) in [4.78, 5) is 12.1. The largest absolute Gasteiger partial charge is 0.416 e. The summed E-state index contributed by atoms with van der Waals surface area (Å²) in [6.07, 6.45) is -2.85. The second-order valence-corrected chi connectivity index (χ2v) is 5.27. The molecule has 0 unspecified atom stereocenters. The van der Waals surface area contributed by atoms with Gasteiger partial charge in [0.1, 0.15) is 12.4 Å². The lowest BCUT2D eigenvalue weighted by atomic mass is 10.2. The fourth-order valence-electron chi connectivity index (χ4n) is 2.44. The van der Waals surface area contributed by atoms with Crippen LogP contribution in [0.1, 0.15) is 5.56 Å². The van der Waals surface area contributed by atoms with Crippen molar-refractivity contribution in [2.75, 3.05) is 5.32 Å². The van der Waals surface area contributed by atoms with Crippen LogP contribution >= 0.6 is 0 Å². The minimum Gasteiger partial charge on any atom is -0.338 e. The first-order chi connectivity index (χ1) is 11.3. The number of rotatable bonds is 3. The first-order valence-corrected chi connectivity index (χ1v) is 7.04. The highest BCUT2D eigenvalue weighted by molar-refractivity contribution is 5.92. The van der Waals surface area contributed by atoms with E-state index in [1.54, 1.807) is 22.9 Å². The molecular formula is C17H12F4N2O. The summed E-state index contributed by atoms with van der Waals surface area (Å²) in [7, 11) is 0. The molecule has 1 amide bonds. The number of fused-ring (bicyclic) bond motifs is 1. The van der Waals surface area contributed by atoms with Crippen molar-refractivity contribution in [2.24, 2.45) is 0 Å². The number of hydrogen-bond acceptors (Lipinski definition) is 1. The lowest BCUT2D eigenvalue weighted by Crippen LogP contribution is -2.18. The van der Waals surface area contributed by atoms with E-state index in [9.17, 15) is 22.4 Å². The van der Waals surface area contributed by atoms with Crippen LogP contribution in [-0.2, 0) is 17.5 Å². The third kappa shape index (κ3) is 3.40. The highest BCUT2D eigenvalue weighted by Gasteiger charge is 2.30. The molecule has 0 atom stereocenters. The number of carbonyl (C=O) groups is 1. The summed E-state index contributed by atoms with van der Waals surface area (Å²) in [6, 6.07) is 10.3. The van der Waals surface area contributed by atoms with Crippen LogP contribution in [0.15, 0.2) is 54.7 Å². The predicted octanol–water partition coefficient (Wildman–Crippen LogP) is 4.44. The number of aromatic nitrogens is 1. The van der Waals surface area contributed by atoms with Crippen molar-refractivity contribution >= 4 is 22.5 Å². The zero-order valence-corrected chi connectivity index (χ0v) is 12.3. The Hall–Kier alpha value is -2.83. The minimum atomic E-state index is -4.47. The highest BCUT2D eigenvalue weighted by Crippen LogP contribution is 2.30. The first kappa shape index (κ1) is 16.0. The SMILES string of the molecule is O=C(Cn1ccc2cc(F)ccc21)Nc1cccc(C(F)(F)F)c1. The van der Waals surface area contributed by atoms with Crippen molar-refractivity contribution in [3.63, 3.8) is 0 Å². The summed E-state index contributed by atoms with van der Waals surface area (Å²) >= 11 is 0. The first-order valence-electron chi connectivity index (χ1n) is 7.04. The number of carbonyl (C=O) groups excluding carboxylic acids is 1. The number of nitrogens with one attached hydrogen (secondary N) is 1. The number of benzene rings is 2. The molecule has 0 aliphatic carbocycles. The molecule has 1 N–H and O–H groups in total. The Morgan fingerprint density at radius 2 is 1.88 bits per heavy atom. The van der Waals surface area contributed by atoms with Crippen molar-refractivity contribution < 1.29 is 22.4 Å². The van der Waals surface area contributed by atoms with Gasteiger partial charge in [-0.15, -0.1) is 0 Å². The summed E-state index contributed by atoms with van der Waals surface area (Å²) in [5.74, 6) is -0.857. The van der Waals surface area contributed by atoms with Crippen LogP contribution in [0.25, 0.3) is 10.9 Å². The van der Waals surface area contributed by atoms with Crippen LogP contribution in [-0.4, -0.2) is 10.5 Å². The summed E-state index contributed by atoms with van der Waals surface area (Å²) in [5.41, 5.74) is -0.102. The summed E-state index contributed by atoms with van der Waals surface area (Å²) in [5, 5.41) is 3.08. The Balaban J connectivity index is 1.76. The van der Waals surface area contributed by atoms with Gasteiger partial charge in [0.05, 0.1) is 5.56 Å². The number of halogens is 4. The molecule has 3 aromatic rings. The molecular weight excluding hydrogens is 324 g/mol. The molecule has 0 fully saturated rings. The second-order valence-electron chi connectivity index (χ2n) is 5.27. The smallest absolute Gasteiger partial charge is 0.338 e. The average Bonchev–Trinajstić information content (AvgIpc) is 2.88. The maximum atomic E-state index is 13.1. The van der Waals surface area contributed by atoms with E-state index in [4.69, 9.17) is 0 Å². The standard InChI is InChI=1S/C17H12F4N2O/c18-13-4-5-15-11(8-13)6-7-23(15)10-16(24)22-14-3-1-2-12(9-14)17(19,20)21/h1-9H,10H2,(H,22,24). The Bertz CT molecular complexity index is 899. The minimum absolute atomic E-state index is 0.0670. The van der Waals surface area contributed by atoms with Crippen LogP contribution in [0.2, 0.25) is 0 Å². The lowest BCUT2D eigenvalue weighted by Gasteiger charge is -2.10. The molecule has 0 saturated heterocycles. The maximum Gasteiger partial charge on any atom is 0.416 e. The molecule has 24 heavy (non-hydrogen) atoms. The molecule has 1 heterocycles. The van der Waals surface area contributed by atoms with Crippen molar-refractivity contribution in [1.82, 2.24) is 4.57 Å².